The summed E-state index contributed by atoms with van der Waals surface area (Å²) < 4.78 is 29.0. The van der Waals surface area contributed by atoms with E-state index in [-0.39, 0.29) is 23.2 Å². The molecular formula is C29H34ClN5O3S2. The zero-order valence-electron chi connectivity index (χ0n) is 22.8. The summed E-state index contributed by atoms with van der Waals surface area (Å²) in [5, 5.41) is 4.05. The molecule has 2 N–H and O–H groups in total. The van der Waals surface area contributed by atoms with E-state index in [1.165, 1.54) is 15.8 Å². The van der Waals surface area contributed by atoms with Crippen LogP contribution in [0.15, 0.2) is 65.6 Å². The number of fused-ring (bicyclic) bond motifs is 1. The Morgan fingerprint density at radius 2 is 1.60 bits per heavy atom. The second kappa shape index (κ2) is 12.6. The molecule has 1 aliphatic heterocycles. The molecule has 212 valence electrons. The van der Waals surface area contributed by atoms with Crippen LogP contribution < -0.4 is 14.9 Å². The first kappa shape index (κ1) is 29.8. The van der Waals surface area contributed by atoms with Gasteiger partial charge in [-0.3, -0.25) is 14.4 Å². The molecule has 8 nitrogen and oxygen atoms in total. The van der Waals surface area contributed by atoms with Gasteiger partial charge in [-0.05, 0) is 74.4 Å². The van der Waals surface area contributed by atoms with Gasteiger partial charge in [0.15, 0.2) is 5.13 Å². The van der Waals surface area contributed by atoms with Gasteiger partial charge in [-0.15, -0.1) is 12.4 Å². The predicted octanol–water partition coefficient (Wildman–Crippen LogP) is 5.00. The van der Waals surface area contributed by atoms with Gasteiger partial charge in [0, 0.05) is 50.5 Å². The Morgan fingerprint density at radius 1 is 0.925 bits per heavy atom. The van der Waals surface area contributed by atoms with Crippen molar-refractivity contribution in [2.45, 2.75) is 25.7 Å². The summed E-state index contributed by atoms with van der Waals surface area (Å²) in [6.07, 6.45) is 0. The Hall–Kier alpha value is -3.18. The monoisotopic (exact) mass is 599 g/mol. The van der Waals surface area contributed by atoms with Gasteiger partial charge in [-0.25, -0.2) is 13.4 Å². The normalized spacial score (nSPS) is 14.1. The highest BCUT2D eigenvalue weighted by Gasteiger charge is 2.20. The number of hydrogen-bond acceptors (Lipinski definition) is 7. The number of nitrogens with one attached hydrogen (secondary N) is 2. The Bertz CT molecular complexity index is 1580. The maximum absolute atomic E-state index is 12.6. The number of piperazine rings is 1. The average molecular weight is 600 g/mol. The predicted molar refractivity (Wildman–Crippen MR) is 166 cm³/mol. The van der Waals surface area contributed by atoms with Crippen LogP contribution in [0.2, 0.25) is 0 Å². The van der Waals surface area contributed by atoms with Crippen LogP contribution in [0.5, 0.6) is 0 Å². The molecule has 2 heterocycles. The number of hydrogen-bond donors (Lipinski definition) is 2. The number of nitrogens with zero attached hydrogens (tertiary/aromatic N) is 3. The minimum Gasteiger partial charge on any atom is -0.351 e. The van der Waals surface area contributed by atoms with Crippen molar-refractivity contribution >= 4 is 60.7 Å². The van der Waals surface area contributed by atoms with E-state index in [0.717, 1.165) is 48.9 Å². The molecule has 1 fully saturated rings. The highest BCUT2D eigenvalue weighted by atomic mass is 35.5. The maximum atomic E-state index is 12.6. The van der Waals surface area contributed by atoms with Crippen LogP contribution in [0.4, 0.5) is 10.8 Å². The summed E-state index contributed by atoms with van der Waals surface area (Å²) in [6.45, 7) is 11.1. The number of carbonyl (C=O) groups excluding carboxylic acids is 1. The van der Waals surface area contributed by atoms with Gasteiger partial charge in [0.05, 0.1) is 15.1 Å². The molecule has 0 atom stereocenters. The Balaban J connectivity index is 0.00000370. The smallest absolute Gasteiger partial charge is 0.261 e. The number of thiazole rings is 1. The van der Waals surface area contributed by atoms with Crippen molar-refractivity contribution < 1.29 is 13.2 Å². The third-order valence-corrected chi connectivity index (χ3v) is 9.37. The zero-order valence-corrected chi connectivity index (χ0v) is 25.3. The summed E-state index contributed by atoms with van der Waals surface area (Å²) in [6, 6.07) is 17.5. The molecule has 0 radical (unpaired) electrons. The lowest BCUT2D eigenvalue weighted by molar-refractivity contribution is 0.0948. The van der Waals surface area contributed by atoms with E-state index in [9.17, 15) is 13.2 Å². The molecule has 0 bridgehead atoms. The van der Waals surface area contributed by atoms with Gasteiger partial charge in [0.1, 0.15) is 0 Å². The Morgan fingerprint density at radius 3 is 2.27 bits per heavy atom. The third kappa shape index (κ3) is 6.93. The van der Waals surface area contributed by atoms with E-state index in [1.807, 2.05) is 6.92 Å². The zero-order chi connectivity index (χ0) is 27.6. The third-order valence-electron chi connectivity index (χ3n) is 6.91. The number of rotatable bonds is 8. The summed E-state index contributed by atoms with van der Waals surface area (Å²) in [4.78, 5) is 22.4. The van der Waals surface area contributed by atoms with Crippen LogP contribution in [0.1, 0.15) is 27.0 Å². The van der Waals surface area contributed by atoms with E-state index >= 15 is 0 Å². The first-order valence-electron chi connectivity index (χ1n) is 13.0. The first-order valence-corrected chi connectivity index (χ1v) is 15.3. The lowest BCUT2D eigenvalue weighted by Gasteiger charge is -2.34. The number of sulfonamides is 1. The number of benzene rings is 3. The molecule has 40 heavy (non-hydrogen) atoms. The topological polar surface area (TPSA) is 94.6 Å². The van der Waals surface area contributed by atoms with Crippen LogP contribution in [-0.2, 0) is 10.0 Å². The molecule has 4 aromatic rings. The van der Waals surface area contributed by atoms with Gasteiger partial charge < -0.3 is 10.2 Å². The van der Waals surface area contributed by atoms with Crippen molar-refractivity contribution in [3.8, 4) is 0 Å². The van der Waals surface area contributed by atoms with Crippen LogP contribution in [0.3, 0.4) is 0 Å². The minimum absolute atomic E-state index is 0. The molecule has 5 rings (SSSR count). The van der Waals surface area contributed by atoms with Crippen LogP contribution in [0.25, 0.3) is 10.2 Å². The molecule has 3 aromatic carbocycles. The number of amides is 1. The van der Waals surface area contributed by atoms with Gasteiger partial charge in [-0.2, -0.15) is 0 Å². The summed E-state index contributed by atoms with van der Waals surface area (Å²) in [5.41, 5.74) is 5.47. The highest BCUT2D eigenvalue weighted by Crippen LogP contribution is 2.32. The van der Waals surface area contributed by atoms with Crippen molar-refractivity contribution in [3.63, 3.8) is 0 Å². The maximum Gasteiger partial charge on any atom is 0.261 e. The molecule has 0 unspecified atom stereocenters. The minimum atomic E-state index is -3.69. The fourth-order valence-electron chi connectivity index (χ4n) is 4.71. The Kier molecular flexibility index (Phi) is 9.35. The molecule has 0 spiro atoms. The van der Waals surface area contributed by atoms with E-state index < -0.39 is 10.0 Å². The number of aromatic nitrogens is 1. The fraction of sp³-hybridized carbons (Fsp3) is 0.310. The standard InChI is InChI=1S/C29H33N5O3S2.ClH/c1-20-4-10-25(11-5-20)39(36,37)32-24-8-6-23(7-9-24)28(35)30-12-13-33-14-16-34(17-15-33)29-31-27-22(3)18-21(2)19-26(27)38-29;/h4-11,18-19,32H,12-17H2,1-3H3,(H,30,35);1H. The Labute approximate surface area is 245 Å². The highest BCUT2D eigenvalue weighted by molar-refractivity contribution is 7.92. The molecule has 1 aliphatic rings. The van der Waals surface area contributed by atoms with Crippen LogP contribution in [0, 0.1) is 20.8 Å². The molecule has 0 saturated carbocycles. The second-order valence-electron chi connectivity index (χ2n) is 10.0. The van der Waals surface area contributed by atoms with Crippen molar-refractivity contribution in [1.29, 1.82) is 0 Å². The van der Waals surface area contributed by atoms with E-state index in [4.69, 9.17) is 4.98 Å². The largest absolute Gasteiger partial charge is 0.351 e. The molecule has 1 aromatic heterocycles. The van der Waals surface area contributed by atoms with Gasteiger partial charge in [0.25, 0.3) is 15.9 Å². The van der Waals surface area contributed by atoms with Crippen molar-refractivity contribution in [2.75, 3.05) is 48.9 Å². The van der Waals surface area contributed by atoms with Crippen molar-refractivity contribution in [3.05, 3.63) is 82.9 Å². The van der Waals surface area contributed by atoms with E-state index in [1.54, 1.807) is 59.9 Å². The van der Waals surface area contributed by atoms with Gasteiger partial charge in [-0.1, -0.05) is 35.1 Å². The number of anilines is 2. The lowest BCUT2D eigenvalue weighted by Crippen LogP contribution is -2.48. The quantitative estimate of drug-likeness (QED) is 0.296. The summed E-state index contributed by atoms with van der Waals surface area (Å²) >= 11 is 1.76. The fourth-order valence-corrected chi connectivity index (χ4v) is 6.96. The first-order chi connectivity index (χ1) is 18.7. The molecule has 1 saturated heterocycles. The number of halogens is 1. The van der Waals surface area contributed by atoms with E-state index in [2.05, 4.69) is 45.8 Å². The van der Waals surface area contributed by atoms with Gasteiger partial charge >= 0.3 is 0 Å². The van der Waals surface area contributed by atoms with Crippen molar-refractivity contribution in [1.82, 2.24) is 15.2 Å². The number of carbonyl (C=O) groups is 1. The SMILES string of the molecule is Cc1ccc(S(=O)(=O)Nc2ccc(C(=O)NCCN3CCN(c4nc5c(C)cc(C)cc5s4)CC3)cc2)cc1.Cl. The second-order valence-corrected chi connectivity index (χ2v) is 12.7. The van der Waals surface area contributed by atoms with Crippen LogP contribution in [-0.4, -0.2) is 63.5 Å². The van der Waals surface area contributed by atoms with Crippen molar-refractivity contribution in [2.24, 2.45) is 0 Å². The lowest BCUT2D eigenvalue weighted by atomic mass is 10.1. The molecule has 0 aliphatic carbocycles. The van der Waals surface area contributed by atoms with Gasteiger partial charge in [0.2, 0.25) is 0 Å². The molecular weight excluding hydrogens is 566 g/mol. The summed E-state index contributed by atoms with van der Waals surface area (Å²) in [5.74, 6) is -0.179. The summed E-state index contributed by atoms with van der Waals surface area (Å²) in [7, 11) is -3.69. The van der Waals surface area contributed by atoms with Crippen LogP contribution >= 0.6 is 23.7 Å². The van der Waals surface area contributed by atoms with E-state index in [0.29, 0.717) is 17.8 Å². The number of aryl methyl sites for hydroxylation is 3. The average Bonchev–Trinajstić information content (AvgIpc) is 3.34. The molecule has 1 amide bonds. The molecule has 11 heteroatoms.